The highest BCUT2D eigenvalue weighted by Gasteiger charge is 2.12. The van der Waals surface area contributed by atoms with Crippen LogP contribution in [0, 0.1) is 0 Å². The van der Waals surface area contributed by atoms with Crippen LogP contribution in [0.25, 0.3) is 33.2 Å². The molecule has 6 rings (SSSR count). The monoisotopic (exact) mass is 501 g/mol. The first-order valence-corrected chi connectivity index (χ1v) is 12.2. The van der Waals surface area contributed by atoms with Crippen LogP contribution in [-0.4, -0.2) is 36.8 Å². The lowest BCUT2D eigenvalue weighted by Gasteiger charge is -2.07. The van der Waals surface area contributed by atoms with Gasteiger partial charge in [-0.3, -0.25) is 14.7 Å². The molecule has 4 N–H and O–H groups in total. The van der Waals surface area contributed by atoms with Gasteiger partial charge in [0.1, 0.15) is 11.5 Å². The normalized spacial score (nSPS) is 11.1. The molecule has 9 nitrogen and oxygen atoms in total. The number of anilines is 3. The van der Waals surface area contributed by atoms with Crippen LogP contribution < -0.4 is 10.6 Å². The number of aromatic amines is 2. The Hall–Kier alpha value is -5.31. The van der Waals surface area contributed by atoms with E-state index in [2.05, 4.69) is 35.8 Å². The van der Waals surface area contributed by atoms with Crippen LogP contribution in [0.2, 0.25) is 0 Å². The zero-order valence-electron chi connectivity index (χ0n) is 20.4. The van der Waals surface area contributed by atoms with Gasteiger partial charge in [0.2, 0.25) is 0 Å². The quantitative estimate of drug-likeness (QED) is 0.196. The Morgan fingerprint density at radius 1 is 0.868 bits per heavy atom. The van der Waals surface area contributed by atoms with Gasteiger partial charge >= 0.3 is 0 Å². The van der Waals surface area contributed by atoms with Crippen LogP contribution in [-0.2, 0) is 0 Å². The highest BCUT2D eigenvalue weighted by Crippen LogP contribution is 2.25. The molecule has 0 bridgehead atoms. The predicted molar refractivity (Wildman–Crippen MR) is 148 cm³/mol. The molecule has 0 aliphatic heterocycles. The van der Waals surface area contributed by atoms with Gasteiger partial charge in [-0.1, -0.05) is 19.1 Å². The number of hydrogen-bond acceptors (Lipinski definition) is 6. The molecule has 9 heteroatoms. The van der Waals surface area contributed by atoms with Gasteiger partial charge in [-0.25, -0.2) is 9.97 Å². The maximum atomic E-state index is 12.8. The van der Waals surface area contributed by atoms with E-state index in [1.54, 1.807) is 42.7 Å². The minimum atomic E-state index is -0.269. The summed E-state index contributed by atoms with van der Waals surface area (Å²) in [6.45, 7) is 1.82. The molecule has 1 amide bonds. The fraction of sp³-hybridized carbons (Fsp3) is 0.0690. The fourth-order valence-corrected chi connectivity index (χ4v) is 4.27. The van der Waals surface area contributed by atoms with Gasteiger partial charge in [0, 0.05) is 51.4 Å². The van der Waals surface area contributed by atoms with Gasteiger partial charge in [0.25, 0.3) is 5.91 Å². The summed E-state index contributed by atoms with van der Waals surface area (Å²) in [6, 6.07) is 22.2. The smallest absolute Gasteiger partial charge is 0.272 e. The van der Waals surface area contributed by atoms with Crippen molar-refractivity contribution in [3.05, 3.63) is 96.4 Å². The fourth-order valence-electron chi connectivity index (χ4n) is 4.27. The molecular weight excluding hydrogens is 478 g/mol. The second-order valence-corrected chi connectivity index (χ2v) is 8.86. The second kappa shape index (κ2) is 9.62. The molecule has 38 heavy (non-hydrogen) atoms. The zero-order valence-corrected chi connectivity index (χ0v) is 20.4. The summed E-state index contributed by atoms with van der Waals surface area (Å²) in [5.41, 5.74) is 5.14. The zero-order chi connectivity index (χ0) is 26.1. The number of benzene rings is 3. The maximum Gasteiger partial charge on any atom is 0.272 e. The number of H-pyrrole nitrogens is 2. The van der Waals surface area contributed by atoms with Gasteiger partial charge in [-0.2, -0.15) is 5.10 Å². The van der Waals surface area contributed by atoms with Crippen LogP contribution in [0.3, 0.4) is 0 Å². The first kappa shape index (κ1) is 23.1. The molecule has 0 unspecified atom stereocenters. The van der Waals surface area contributed by atoms with Crippen LogP contribution in [0.5, 0.6) is 0 Å². The molecule has 0 aliphatic carbocycles. The molecule has 186 valence electrons. The van der Waals surface area contributed by atoms with E-state index in [1.807, 2.05) is 49.4 Å². The van der Waals surface area contributed by atoms with Crippen LogP contribution in [0.1, 0.15) is 34.2 Å². The average Bonchev–Trinajstić information content (AvgIpc) is 3.59. The van der Waals surface area contributed by atoms with E-state index < -0.39 is 0 Å². The third kappa shape index (κ3) is 4.60. The minimum absolute atomic E-state index is 0.0651. The highest BCUT2D eigenvalue weighted by molar-refractivity contribution is 6.06. The molecule has 0 aliphatic rings. The summed E-state index contributed by atoms with van der Waals surface area (Å²) >= 11 is 0. The minimum Gasteiger partial charge on any atom is -0.350 e. The van der Waals surface area contributed by atoms with E-state index in [9.17, 15) is 9.59 Å². The van der Waals surface area contributed by atoms with Gasteiger partial charge in [-0.05, 0) is 60.7 Å². The standard InChI is InChI=1S/C29H23N7O2/c1-2-26(37)17-5-7-21(8-6-17)33-29(38)25-14-18-3-4-19(15-24(18)34-25)28-30-12-11-27(35-28)32-22-9-10-23-20(13-22)16-31-36-23/h3-16,34H,2H2,1H3,(H,31,36)(H,33,38)(H,30,32,35). The lowest BCUT2D eigenvalue weighted by Crippen LogP contribution is -2.12. The van der Waals surface area contributed by atoms with Gasteiger partial charge in [0.05, 0.1) is 11.7 Å². The molecule has 0 fully saturated rings. The van der Waals surface area contributed by atoms with Crippen molar-refractivity contribution in [1.29, 1.82) is 0 Å². The van der Waals surface area contributed by atoms with Crippen molar-refractivity contribution in [1.82, 2.24) is 25.1 Å². The molecular formula is C29H23N7O2. The number of carbonyl (C=O) groups is 2. The van der Waals surface area contributed by atoms with Gasteiger partial charge < -0.3 is 15.6 Å². The Balaban J connectivity index is 1.20. The third-order valence-corrected chi connectivity index (χ3v) is 6.28. The summed E-state index contributed by atoms with van der Waals surface area (Å²) in [5.74, 6) is 1.02. The van der Waals surface area contributed by atoms with Gasteiger partial charge in [-0.15, -0.1) is 0 Å². The number of hydrogen-bond donors (Lipinski definition) is 4. The van der Waals surface area contributed by atoms with Crippen molar-refractivity contribution in [2.24, 2.45) is 0 Å². The van der Waals surface area contributed by atoms with Gasteiger partial charge in [0.15, 0.2) is 11.6 Å². The molecule has 0 saturated heterocycles. The average molecular weight is 502 g/mol. The first-order chi connectivity index (χ1) is 18.6. The Morgan fingerprint density at radius 3 is 2.55 bits per heavy atom. The topological polar surface area (TPSA) is 128 Å². The largest absolute Gasteiger partial charge is 0.350 e. The van der Waals surface area contributed by atoms with E-state index in [0.717, 1.165) is 33.1 Å². The molecule has 0 atom stereocenters. The van der Waals surface area contributed by atoms with Crippen LogP contribution in [0.15, 0.2) is 85.2 Å². The molecule has 0 radical (unpaired) electrons. The summed E-state index contributed by atoms with van der Waals surface area (Å²) in [4.78, 5) is 37.0. The Labute approximate surface area is 217 Å². The van der Waals surface area contributed by atoms with E-state index in [0.29, 0.717) is 35.0 Å². The SMILES string of the molecule is CCC(=O)c1ccc(NC(=O)c2cc3ccc(-c4nccc(Nc5ccc6[nH]ncc6c5)n4)cc3[nH]2)cc1. The van der Waals surface area contributed by atoms with Crippen molar-refractivity contribution < 1.29 is 9.59 Å². The predicted octanol–water partition coefficient (Wildman–Crippen LogP) is 6.09. The molecule has 3 aromatic carbocycles. The molecule has 3 aromatic heterocycles. The van der Waals surface area contributed by atoms with E-state index in [-0.39, 0.29) is 11.7 Å². The number of ketones is 1. The van der Waals surface area contributed by atoms with E-state index >= 15 is 0 Å². The number of fused-ring (bicyclic) bond motifs is 2. The number of nitrogens with zero attached hydrogens (tertiary/aromatic N) is 3. The van der Waals surface area contributed by atoms with Crippen molar-refractivity contribution >= 4 is 50.7 Å². The summed E-state index contributed by atoms with van der Waals surface area (Å²) in [6.07, 6.45) is 3.92. The Morgan fingerprint density at radius 2 is 1.71 bits per heavy atom. The molecule has 3 heterocycles. The van der Waals surface area contributed by atoms with Crippen molar-refractivity contribution in [3.8, 4) is 11.4 Å². The van der Waals surface area contributed by atoms with E-state index in [1.165, 1.54) is 0 Å². The summed E-state index contributed by atoms with van der Waals surface area (Å²) in [5, 5.41) is 15.1. The summed E-state index contributed by atoms with van der Waals surface area (Å²) < 4.78 is 0. The molecule has 0 saturated carbocycles. The van der Waals surface area contributed by atoms with Crippen molar-refractivity contribution in [2.75, 3.05) is 10.6 Å². The number of carbonyl (C=O) groups excluding carboxylic acids is 2. The van der Waals surface area contributed by atoms with Crippen LogP contribution in [0.4, 0.5) is 17.2 Å². The number of amides is 1. The Kier molecular flexibility index (Phi) is 5.85. The number of aromatic nitrogens is 5. The maximum absolute atomic E-state index is 12.8. The van der Waals surface area contributed by atoms with Crippen molar-refractivity contribution in [2.45, 2.75) is 13.3 Å². The number of Topliss-reactive ketones (excluding diaryl/α,β-unsaturated/α-hetero) is 1. The number of rotatable bonds is 7. The second-order valence-electron chi connectivity index (χ2n) is 8.86. The lowest BCUT2D eigenvalue weighted by molar-refractivity contribution is 0.0986. The van der Waals surface area contributed by atoms with Crippen molar-refractivity contribution in [3.63, 3.8) is 0 Å². The molecule has 0 spiro atoms. The summed E-state index contributed by atoms with van der Waals surface area (Å²) in [7, 11) is 0. The lowest BCUT2D eigenvalue weighted by atomic mass is 10.1. The number of nitrogens with one attached hydrogen (secondary N) is 4. The molecule has 6 aromatic rings. The highest BCUT2D eigenvalue weighted by atomic mass is 16.2. The van der Waals surface area contributed by atoms with Crippen LogP contribution >= 0.6 is 0 Å². The Bertz CT molecular complexity index is 1800. The third-order valence-electron chi connectivity index (χ3n) is 6.28. The first-order valence-electron chi connectivity index (χ1n) is 12.2. The van der Waals surface area contributed by atoms with E-state index in [4.69, 9.17) is 0 Å².